The zero-order chi connectivity index (χ0) is 11.3. The third-order valence-electron chi connectivity index (χ3n) is 1.98. The molecule has 2 N–H and O–H groups in total. The molecule has 0 saturated carbocycles. The lowest BCUT2D eigenvalue weighted by Gasteiger charge is -2.14. The molecule has 1 aromatic rings. The highest BCUT2D eigenvalue weighted by Crippen LogP contribution is 2.18. The van der Waals surface area contributed by atoms with Gasteiger partial charge in [0.1, 0.15) is 6.34 Å². The Kier molecular flexibility index (Phi) is 3.82. The Morgan fingerprint density at radius 1 is 1.47 bits per heavy atom. The van der Waals surface area contributed by atoms with Gasteiger partial charge in [0.05, 0.1) is 5.69 Å². The third kappa shape index (κ3) is 3.07. The molecule has 0 unspecified atom stereocenters. The molecular weight excluding hydrogens is 194 g/mol. The van der Waals surface area contributed by atoms with Gasteiger partial charge in [-0.1, -0.05) is 0 Å². The molecule has 1 amide bonds. The van der Waals surface area contributed by atoms with E-state index >= 15 is 0 Å². The van der Waals surface area contributed by atoms with Crippen molar-refractivity contribution in [3.8, 4) is 0 Å². The van der Waals surface area contributed by atoms with Crippen LogP contribution >= 0.6 is 0 Å². The minimum atomic E-state index is -0.0247. The van der Waals surface area contributed by atoms with E-state index in [1.54, 1.807) is 31.3 Å². The Bertz CT molecular complexity index is 359. The number of carbonyl (C=O) groups excluding carboxylic acids is 1. The van der Waals surface area contributed by atoms with E-state index in [-0.39, 0.29) is 5.91 Å². The standard InChI is InChI=1S/C10H13N3O2/c1-8(14)13(2)10-5-3-9(4-6-10)11-7-12-15/h3-7,15H,1-2H3,(H,11,12). The second-order valence-corrected chi connectivity index (χ2v) is 2.98. The molecule has 0 radical (unpaired) electrons. The molecule has 0 aliphatic carbocycles. The summed E-state index contributed by atoms with van der Waals surface area (Å²) in [6, 6.07) is 7.07. The van der Waals surface area contributed by atoms with Crippen LogP contribution in [0.15, 0.2) is 29.3 Å². The molecule has 0 spiro atoms. The first-order valence-electron chi connectivity index (χ1n) is 4.41. The van der Waals surface area contributed by atoms with Crippen molar-refractivity contribution in [3.05, 3.63) is 24.3 Å². The largest absolute Gasteiger partial charge is 0.316 e. The molecule has 0 aliphatic heterocycles. The summed E-state index contributed by atoms with van der Waals surface area (Å²) in [5, 5.41) is 8.29. The van der Waals surface area contributed by atoms with E-state index in [9.17, 15) is 4.79 Å². The topological polar surface area (TPSA) is 64.9 Å². The third-order valence-corrected chi connectivity index (χ3v) is 1.98. The van der Waals surface area contributed by atoms with Crippen LogP contribution in [0.25, 0.3) is 0 Å². The SMILES string of the molecule is CC(=O)N(C)c1ccc(N=CNO)cc1. The Morgan fingerprint density at radius 3 is 2.53 bits per heavy atom. The predicted molar refractivity (Wildman–Crippen MR) is 58.6 cm³/mol. The molecule has 0 aliphatic rings. The van der Waals surface area contributed by atoms with Gasteiger partial charge in [-0.3, -0.25) is 15.5 Å². The van der Waals surface area contributed by atoms with Gasteiger partial charge in [0.15, 0.2) is 0 Å². The lowest BCUT2D eigenvalue weighted by molar-refractivity contribution is -0.116. The number of rotatable bonds is 3. The predicted octanol–water partition coefficient (Wildman–Crippen LogP) is 1.31. The van der Waals surface area contributed by atoms with E-state index in [0.717, 1.165) is 5.69 Å². The first-order valence-corrected chi connectivity index (χ1v) is 4.41. The fraction of sp³-hybridized carbons (Fsp3) is 0.200. The molecule has 1 rings (SSSR count). The molecule has 0 aromatic heterocycles. The fourth-order valence-corrected chi connectivity index (χ4v) is 1.05. The van der Waals surface area contributed by atoms with Crippen LogP contribution in [0.1, 0.15) is 6.92 Å². The Morgan fingerprint density at radius 2 is 2.07 bits per heavy atom. The van der Waals surface area contributed by atoms with Crippen LogP contribution in [-0.2, 0) is 4.79 Å². The highest BCUT2D eigenvalue weighted by atomic mass is 16.5. The highest BCUT2D eigenvalue weighted by Gasteiger charge is 2.03. The van der Waals surface area contributed by atoms with Crippen molar-refractivity contribution in [1.29, 1.82) is 0 Å². The second kappa shape index (κ2) is 5.11. The minimum absolute atomic E-state index is 0.0247. The number of hydroxylamine groups is 1. The van der Waals surface area contributed by atoms with Gasteiger partial charge in [-0.2, -0.15) is 0 Å². The zero-order valence-electron chi connectivity index (χ0n) is 8.64. The molecule has 15 heavy (non-hydrogen) atoms. The van der Waals surface area contributed by atoms with E-state index in [1.807, 2.05) is 5.48 Å². The van der Waals surface area contributed by atoms with Gasteiger partial charge < -0.3 is 4.90 Å². The number of nitrogens with zero attached hydrogens (tertiary/aromatic N) is 2. The molecule has 0 heterocycles. The van der Waals surface area contributed by atoms with Crippen molar-refractivity contribution in [1.82, 2.24) is 5.48 Å². The number of benzene rings is 1. The van der Waals surface area contributed by atoms with E-state index in [1.165, 1.54) is 18.2 Å². The van der Waals surface area contributed by atoms with Crippen molar-refractivity contribution in [2.45, 2.75) is 6.92 Å². The van der Waals surface area contributed by atoms with Crippen LogP contribution in [0.2, 0.25) is 0 Å². The maximum atomic E-state index is 11.1. The quantitative estimate of drug-likeness (QED) is 0.446. The number of aliphatic imine (C=N–C) groups is 1. The summed E-state index contributed by atoms with van der Waals surface area (Å²) >= 11 is 0. The van der Waals surface area contributed by atoms with Crippen LogP contribution < -0.4 is 10.4 Å². The van der Waals surface area contributed by atoms with Crippen LogP contribution in [0.4, 0.5) is 11.4 Å². The summed E-state index contributed by atoms with van der Waals surface area (Å²) in [6.07, 6.45) is 1.17. The maximum absolute atomic E-state index is 11.1. The number of carbonyl (C=O) groups is 1. The lowest BCUT2D eigenvalue weighted by Crippen LogP contribution is -2.22. The number of anilines is 1. The summed E-state index contributed by atoms with van der Waals surface area (Å²) in [5.74, 6) is -0.0247. The monoisotopic (exact) mass is 207 g/mol. The van der Waals surface area contributed by atoms with Crippen molar-refractivity contribution >= 4 is 23.6 Å². The molecule has 1 aromatic carbocycles. The molecule has 5 heteroatoms. The highest BCUT2D eigenvalue weighted by molar-refractivity contribution is 5.90. The molecule has 0 saturated heterocycles. The number of nitrogens with one attached hydrogen (secondary N) is 1. The van der Waals surface area contributed by atoms with E-state index < -0.39 is 0 Å². The fourth-order valence-electron chi connectivity index (χ4n) is 1.05. The average Bonchev–Trinajstić information content (AvgIpc) is 2.26. The van der Waals surface area contributed by atoms with Crippen molar-refractivity contribution in [2.24, 2.45) is 4.99 Å². The van der Waals surface area contributed by atoms with E-state index in [0.29, 0.717) is 5.69 Å². The van der Waals surface area contributed by atoms with Gasteiger partial charge in [0.25, 0.3) is 0 Å². The minimum Gasteiger partial charge on any atom is -0.316 e. The molecule has 0 atom stereocenters. The molecule has 0 fully saturated rings. The maximum Gasteiger partial charge on any atom is 0.223 e. The number of hydrogen-bond acceptors (Lipinski definition) is 3. The Hall–Kier alpha value is -1.88. The normalized spacial score (nSPS) is 10.3. The van der Waals surface area contributed by atoms with Crippen molar-refractivity contribution in [3.63, 3.8) is 0 Å². The van der Waals surface area contributed by atoms with Gasteiger partial charge in [-0.25, -0.2) is 4.99 Å². The summed E-state index contributed by atoms with van der Waals surface area (Å²) in [4.78, 5) is 16.5. The summed E-state index contributed by atoms with van der Waals surface area (Å²) in [5.41, 5.74) is 3.31. The first-order chi connectivity index (χ1) is 7.15. The molecular formula is C10H13N3O2. The smallest absolute Gasteiger partial charge is 0.223 e. The van der Waals surface area contributed by atoms with Crippen molar-refractivity contribution < 1.29 is 10.0 Å². The van der Waals surface area contributed by atoms with Gasteiger partial charge in [-0.15, -0.1) is 0 Å². The number of hydrogen-bond donors (Lipinski definition) is 2. The van der Waals surface area contributed by atoms with Gasteiger partial charge in [0.2, 0.25) is 5.91 Å². The lowest BCUT2D eigenvalue weighted by atomic mass is 10.2. The Balaban J connectivity index is 2.80. The van der Waals surface area contributed by atoms with Gasteiger partial charge >= 0.3 is 0 Å². The molecule has 80 valence electrons. The van der Waals surface area contributed by atoms with Crippen LogP contribution in [0, 0.1) is 0 Å². The first kappa shape index (κ1) is 11.2. The van der Waals surface area contributed by atoms with Crippen LogP contribution in [0.3, 0.4) is 0 Å². The van der Waals surface area contributed by atoms with E-state index in [2.05, 4.69) is 4.99 Å². The second-order valence-electron chi connectivity index (χ2n) is 2.98. The van der Waals surface area contributed by atoms with Gasteiger partial charge in [-0.05, 0) is 24.3 Å². The zero-order valence-corrected chi connectivity index (χ0v) is 8.64. The van der Waals surface area contributed by atoms with Gasteiger partial charge in [0, 0.05) is 19.7 Å². The summed E-state index contributed by atoms with van der Waals surface area (Å²) in [7, 11) is 1.70. The average molecular weight is 207 g/mol. The Labute approximate surface area is 88.0 Å². The summed E-state index contributed by atoms with van der Waals surface area (Å²) in [6.45, 7) is 1.50. The van der Waals surface area contributed by atoms with Crippen molar-refractivity contribution in [2.75, 3.05) is 11.9 Å². The molecule has 0 bridgehead atoms. The van der Waals surface area contributed by atoms with Crippen LogP contribution in [-0.4, -0.2) is 24.5 Å². The van der Waals surface area contributed by atoms with Crippen LogP contribution in [0.5, 0.6) is 0 Å². The molecule has 5 nitrogen and oxygen atoms in total. The summed E-state index contributed by atoms with van der Waals surface area (Å²) < 4.78 is 0. The van der Waals surface area contributed by atoms with E-state index in [4.69, 9.17) is 5.21 Å². The number of amides is 1.